The number of aryl methyl sites for hydroxylation is 1. The van der Waals surface area contributed by atoms with Crippen LogP contribution < -0.4 is 5.32 Å². The molecule has 0 amide bonds. The molecule has 6 heteroatoms. The van der Waals surface area contributed by atoms with E-state index in [2.05, 4.69) is 36.7 Å². The number of nitrogens with zero attached hydrogens (tertiary/aromatic N) is 4. The van der Waals surface area contributed by atoms with E-state index in [1.165, 1.54) is 4.80 Å². The highest BCUT2D eigenvalue weighted by molar-refractivity contribution is 9.10. The SMILES string of the molecule is Cn1nnc(CNc2cccc(Br)c2)n1. The molecule has 0 aliphatic carbocycles. The monoisotopic (exact) mass is 267 g/mol. The third kappa shape index (κ3) is 2.76. The molecule has 0 saturated carbocycles. The first kappa shape index (κ1) is 10.1. The average Bonchev–Trinajstić information content (AvgIpc) is 2.62. The van der Waals surface area contributed by atoms with Gasteiger partial charge in [0.15, 0.2) is 5.82 Å². The number of hydrogen-bond donors (Lipinski definition) is 1. The Morgan fingerprint density at radius 1 is 1.47 bits per heavy atom. The summed E-state index contributed by atoms with van der Waals surface area (Å²) in [5.41, 5.74) is 1.02. The molecule has 0 fully saturated rings. The van der Waals surface area contributed by atoms with Gasteiger partial charge in [-0.25, -0.2) is 0 Å². The number of anilines is 1. The Morgan fingerprint density at radius 2 is 2.33 bits per heavy atom. The molecule has 1 aromatic heterocycles. The van der Waals surface area contributed by atoms with Gasteiger partial charge in [0.1, 0.15) is 0 Å². The number of benzene rings is 1. The van der Waals surface area contributed by atoms with Crippen LogP contribution in [0.25, 0.3) is 0 Å². The molecule has 0 saturated heterocycles. The van der Waals surface area contributed by atoms with Crippen molar-refractivity contribution >= 4 is 21.6 Å². The van der Waals surface area contributed by atoms with Crippen LogP contribution in [-0.2, 0) is 13.6 Å². The number of hydrogen-bond acceptors (Lipinski definition) is 4. The number of tetrazole rings is 1. The Labute approximate surface area is 95.6 Å². The molecule has 0 unspecified atom stereocenters. The van der Waals surface area contributed by atoms with Gasteiger partial charge < -0.3 is 5.32 Å². The predicted octanol–water partition coefficient (Wildman–Crippen LogP) is 1.58. The van der Waals surface area contributed by atoms with E-state index in [9.17, 15) is 0 Å². The predicted molar refractivity (Wildman–Crippen MR) is 60.3 cm³/mol. The molecule has 2 rings (SSSR count). The van der Waals surface area contributed by atoms with Crippen LogP contribution in [0.1, 0.15) is 5.82 Å². The number of aromatic nitrogens is 4. The molecule has 2 aromatic rings. The standard InChI is InChI=1S/C9H10BrN5/c1-15-13-9(12-14-15)6-11-8-4-2-3-7(10)5-8/h2-5,11H,6H2,1H3. The Hall–Kier alpha value is -1.43. The van der Waals surface area contributed by atoms with Crippen LogP contribution in [0.15, 0.2) is 28.7 Å². The van der Waals surface area contributed by atoms with Gasteiger partial charge in [0, 0.05) is 10.2 Å². The van der Waals surface area contributed by atoms with Gasteiger partial charge in [0.2, 0.25) is 0 Å². The molecule has 0 aliphatic rings. The third-order valence-corrected chi connectivity index (χ3v) is 2.32. The van der Waals surface area contributed by atoms with E-state index in [1.807, 2.05) is 24.3 Å². The summed E-state index contributed by atoms with van der Waals surface area (Å²) < 4.78 is 1.04. The van der Waals surface area contributed by atoms with E-state index in [4.69, 9.17) is 0 Å². The van der Waals surface area contributed by atoms with Gasteiger partial charge in [-0.1, -0.05) is 22.0 Å². The summed E-state index contributed by atoms with van der Waals surface area (Å²) in [6.45, 7) is 0.574. The van der Waals surface area contributed by atoms with Gasteiger partial charge in [-0.05, 0) is 23.4 Å². The molecule has 1 N–H and O–H groups in total. The lowest BCUT2D eigenvalue weighted by Crippen LogP contribution is -2.02. The van der Waals surface area contributed by atoms with Crippen molar-refractivity contribution in [1.82, 2.24) is 20.2 Å². The van der Waals surface area contributed by atoms with Crippen molar-refractivity contribution in [1.29, 1.82) is 0 Å². The van der Waals surface area contributed by atoms with Crippen molar-refractivity contribution < 1.29 is 0 Å². The first-order valence-electron chi connectivity index (χ1n) is 4.46. The summed E-state index contributed by atoms with van der Waals surface area (Å²) in [5, 5.41) is 14.9. The fourth-order valence-electron chi connectivity index (χ4n) is 1.17. The lowest BCUT2D eigenvalue weighted by Gasteiger charge is -2.02. The zero-order chi connectivity index (χ0) is 10.7. The Morgan fingerprint density at radius 3 is 3.00 bits per heavy atom. The van der Waals surface area contributed by atoms with Gasteiger partial charge >= 0.3 is 0 Å². The van der Waals surface area contributed by atoms with Crippen molar-refractivity contribution in [2.24, 2.45) is 7.05 Å². The van der Waals surface area contributed by atoms with Crippen LogP contribution in [0.5, 0.6) is 0 Å². The lowest BCUT2D eigenvalue weighted by molar-refractivity contribution is 0.628. The smallest absolute Gasteiger partial charge is 0.193 e. The molecular formula is C9H10BrN5. The minimum atomic E-state index is 0.574. The van der Waals surface area contributed by atoms with Gasteiger partial charge in [0.05, 0.1) is 13.6 Å². The molecule has 0 bridgehead atoms. The van der Waals surface area contributed by atoms with Gasteiger partial charge in [-0.2, -0.15) is 4.80 Å². The fourth-order valence-corrected chi connectivity index (χ4v) is 1.57. The summed E-state index contributed by atoms with van der Waals surface area (Å²) in [6, 6.07) is 7.93. The highest BCUT2D eigenvalue weighted by atomic mass is 79.9. The zero-order valence-corrected chi connectivity index (χ0v) is 9.77. The topological polar surface area (TPSA) is 55.6 Å². The molecule has 1 heterocycles. The van der Waals surface area contributed by atoms with E-state index in [0.717, 1.165) is 10.2 Å². The molecule has 1 aromatic carbocycles. The molecule has 78 valence electrons. The maximum Gasteiger partial charge on any atom is 0.193 e. The van der Waals surface area contributed by atoms with E-state index in [1.54, 1.807) is 7.05 Å². The van der Waals surface area contributed by atoms with Crippen LogP contribution >= 0.6 is 15.9 Å². The summed E-state index contributed by atoms with van der Waals surface area (Å²) in [7, 11) is 1.75. The van der Waals surface area contributed by atoms with Crippen LogP contribution in [0, 0.1) is 0 Å². The molecular weight excluding hydrogens is 258 g/mol. The number of rotatable bonds is 3. The zero-order valence-electron chi connectivity index (χ0n) is 8.18. The van der Waals surface area contributed by atoms with Crippen molar-refractivity contribution in [2.75, 3.05) is 5.32 Å². The van der Waals surface area contributed by atoms with Crippen LogP contribution in [0.3, 0.4) is 0 Å². The second-order valence-electron chi connectivity index (χ2n) is 3.06. The quantitative estimate of drug-likeness (QED) is 0.918. The van der Waals surface area contributed by atoms with Gasteiger partial charge in [-0.3, -0.25) is 0 Å². The fraction of sp³-hybridized carbons (Fsp3) is 0.222. The Bertz CT molecular complexity index is 453. The molecule has 0 atom stereocenters. The van der Waals surface area contributed by atoms with Crippen molar-refractivity contribution in [2.45, 2.75) is 6.54 Å². The van der Waals surface area contributed by atoms with Crippen LogP contribution in [0.4, 0.5) is 5.69 Å². The van der Waals surface area contributed by atoms with Gasteiger partial charge in [-0.15, -0.1) is 10.2 Å². The highest BCUT2D eigenvalue weighted by Gasteiger charge is 1.99. The molecule has 0 aliphatic heterocycles. The normalized spacial score (nSPS) is 10.3. The Kier molecular flexibility index (Phi) is 2.96. The second-order valence-corrected chi connectivity index (χ2v) is 3.97. The van der Waals surface area contributed by atoms with Crippen LogP contribution in [-0.4, -0.2) is 20.2 Å². The lowest BCUT2D eigenvalue weighted by atomic mass is 10.3. The minimum Gasteiger partial charge on any atom is -0.378 e. The maximum absolute atomic E-state index is 4.07. The van der Waals surface area contributed by atoms with E-state index in [0.29, 0.717) is 12.4 Å². The second kappa shape index (κ2) is 4.39. The summed E-state index contributed by atoms with van der Waals surface area (Å²) in [5.74, 6) is 0.678. The first-order valence-corrected chi connectivity index (χ1v) is 5.25. The summed E-state index contributed by atoms with van der Waals surface area (Å²) >= 11 is 3.40. The molecule has 15 heavy (non-hydrogen) atoms. The number of halogens is 1. The molecule has 0 radical (unpaired) electrons. The molecule has 5 nitrogen and oxygen atoms in total. The molecule has 0 spiro atoms. The van der Waals surface area contributed by atoms with E-state index in [-0.39, 0.29) is 0 Å². The third-order valence-electron chi connectivity index (χ3n) is 1.82. The number of nitrogens with one attached hydrogen (secondary N) is 1. The Balaban J connectivity index is 1.99. The van der Waals surface area contributed by atoms with Crippen LogP contribution in [0.2, 0.25) is 0 Å². The average molecular weight is 268 g/mol. The van der Waals surface area contributed by atoms with E-state index >= 15 is 0 Å². The maximum atomic E-state index is 4.07. The summed E-state index contributed by atoms with van der Waals surface area (Å²) in [6.07, 6.45) is 0. The summed E-state index contributed by atoms with van der Waals surface area (Å²) in [4.78, 5) is 1.44. The first-order chi connectivity index (χ1) is 7.24. The highest BCUT2D eigenvalue weighted by Crippen LogP contribution is 2.15. The van der Waals surface area contributed by atoms with Crippen molar-refractivity contribution in [3.05, 3.63) is 34.6 Å². The van der Waals surface area contributed by atoms with Crippen molar-refractivity contribution in [3.63, 3.8) is 0 Å². The van der Waals surface area contributed by atoms with Gasteiger partial charge in [0.25, 0.3) is 0 Å². The largest absolute Gasteiger partial charge is 0.378 e. The minimum absolute atomic E-state index is 0.574. The van der Waals surface area contributed by atoms with E-state index < -0.39 is 0 Å². The van der Waals surface area contributed by atoms with Crippen molar-refractivity contribution in [3.8, 4) is 0 Å².